The van der Waals surface area contributed by atoms with E-state index in [1.165, 1.54) is 12.8 Å². The van der Waals surface area contributed by atoms with Crippen molar-refractivity contribution in [3.05, 3.63) is 53.4 Å². The molecule has 0 bridgehead atoms. The molecule has 1 aliphatic heterocycles. The highest BCUT2D eigenvalue weighted by Crippen LogP contribution is 2.31. The van der Waals surface area contributed by atoms with Crippen LogP contribution in [-0.2, 0) is 11.3 Å². The van der Waals surface area contributed by atoms with Crippen molar-refractivity contribution in [1.29, 1.82) is 0 Å². The highest BCUT2D eigenvalue weighted by molar-refractivity contribution is 7.20. The molecule has 2 aliphatic rings. The average Bonchev–Trinajstić information content (AvgIpc) is 3.19. The first-order chi connectivity index (χ1) is 12.8. The predicted octanol–water partition coefficient (Wildman–Crippen LogP) is 3.72. The van der Waals surface area contributed by atoms with Gasteiger partial charge in [-0.3, -0.25) is 4.79 Å². The lowest BCUT2D eigenvalue weighted by atomic mass is 10.2. The molecule has 5 rings (SSSR count). The first-order valence-corrected chi connectivity index (χ1v) is 9.96. The van der Waals surface area contributed by atoms with Gasteiger partial charge in [0.2, 0.25) is 0 Å². The summed E-state index contributed by atoms with van der Waals surface area (Å²) in [6.07, 6.45) is 6.30. The summed E-state index contributed by atoms with van der Waals surface area (Å²) >= 11 is 1.57. The second kappa shape index (κ2) is 6.52. The molecule has 0 saturated heterocycles. The summed E-state index contributed by atoms with van der Waals surface area (Å²) in [6.45, 7) is 2.74. The van der Waals surface area contributed by atoms with Gasteiger partial charge in [0.15, 0.2) is 0 Å². The molecule has 134 valence electrons. The number of carbonyl (C=O) groups is 1. The van der Waals surface area contributed by atoms with Crippen molar-refractivity contribution < 1.29 is 9.53 Å². The molecular weight excluding hydrogens is 346 g/mol. The minimum absolute atomic E-state index is 0.103. The van der Waals surface area contributed by atoms with Crippen molar-refractivity contribution in [3.63, 3.8) is 0 Å². The number of imidazole rings is 1. The van der Waals surface area contributed by atoms with Gasteiger partial charge < -0.3 is 14.2 Å². The van der Waals surface area contributed by atoms with Gasteiger partial charge in [-0.1, -0.05) is 18.2 Å². The van der Waals surface area contributed by atoms with E-state index in [2.05, 4.69) is 21.7 Å². The van der Waals surface area contributed by atoms with Crippen LogP contribution in [0.5, 0.6) is 0 Å². The molecule has 1 amide bonds. The maximum Gasteiger partial charge on any atom is 0.264 e. The van der Waals surface area contributed by atoms with E-state index in [1.54, 1.807) is 11.3 Å². The number of benzene rings is 1. The average molecular weight is 367 g/mol. The molecule has 5 nitrogen and oxygen atoms in total. The highest BCUT2D eigenvalue weighted by Gasteiger charge is 2.30. The first kappa shape index (κ1) is 16.0. The van der Waals surface area contributed by atoms with E-state index in [-0.39, 0.29) is 11.9 Å². The summed E-state index contributed by atoms with van der Waals surface area (Å²) < 4.78 is 9.24. The zero-order valence-electron chi connectivity index (χ0n) is 14.5. The van der Waals surface area contributed by atoms with Crippen LogP contribution in [0, 0.1) is 5.92 Å². The van der Waals surface area contributed by atoms with Crippen LogP contribution >= 0.6 is 11.3 Å². The van der Waals surface area contributed by atoms with E-state index in [0.29, 0.717) is 19.7 Å². The van der Waals surface area contributed by atoms with Crippen molar-refractivity contribution in [3.8, 4) is 0 Å². The first-order valence-electron chi connectivity index (χ1n) is 9.14. The number of hydrogen-bond donors (Lipinski definition) is 0. The highest BCUT2D eigenvalue weighted by atomic mass is 32.1. The third-order valence-electron chi connectivity index (χ3n) is 5.21. The Morgan fingerprint density at radius 1 is 1.27 bits per heavy atom. The number of ether oxygens (including phenoxy) is 1. The fourth-order valence-corrected chi connectivity index (χ4v) is 4.60. The Morgan fingerprint density at radius 3 is 3.00 bits per heavy atom. The quantitative estimate of drug-likeness (QED) is 0.690. The molecule has 0 unspecified atom stereocenters. The maximum absolute atomic E-state index is 13.1. The summed E-state index contributed by atoms with van der Waals surface area (Å²) in [4.78, 5) is 20.1. The number of nitrogens with zero attached hydrogens (tertiary/aromatic N) is 3. The molecule has 3 heterocycles. The standard InChI is InChI=1S/C20H21N3O2S/c24-20(19-7-15-3-1-2-4-18(15)26-19)22-9-16-8-21-13-23(16)17(10-22)12-25-11-14-5-6-14/h1-4,7-8,13-14,17H,5-6,9-12H2/t17-/m0/s1. The molecule has 2 aromatic heterocycles. The molecule has 1 aliphatic carbocycles. The summed E-state index contributed by atoms with van der Waals surface area (Å²) in [7, 11) is 0. The van der Waals surface area contributed by atoms with Gasteiger partial charge in [-0.25, -0.2) is 4.98 Å². The van der Waals surface area contributed by atoms with Crippen molar-refractivity contribution in [1.82, 2.24) is 14.5 Å². The van der Waals surface area contributed by atoms with Gasteiger partial charge in [-0.2, -0.15) is 0 Å². The molecule has 0 N–H and O–H groups in total. The Kier molecular flexibility index (Phi) is 4.02. The summed E-state index contributed by atoms with van der Waals surface area (Å²) in [5.74, 6) is 0.850. The molecule has 1 aromatic carbocycles. The Hall–Kier alpha value is -2.18. The summed E-state index contributed by atoms with van der Waals surface area (Å²) in [6, 6.07) is 10.3. The van der Waals surface area contributed by atoms with Crippen LogP contribution in [0.4, 0.5) is 0 Å². The van der Waals surface area contributed by atoms with Crippen LogP contribution < -0.4 is 0 Å². The van der Waals surface area contributed by atoms with E-state index in [4.69, 9.17) is 4.74 Å². The van der Waals surface area contributed by atoms with Crippen LogP contribution in [0.1, 0.15) is 34.2 Å². The summed E-state index contributed by atoms with van der Waals surface area (Å²) in [5.41, 5.74) is 1.07. The van der Waals surface area contributed by atoms with Crippen molar-refractivity contribution in [2.75, 3.05) is 19.8 Å². The topological polar surface area (TPSA) is 47.4 Å². The molecule has 0 spiro atoms. The van der Waals surface area contributed by atoms with Crippen molar-refractivity contribution >= 4 is 27.3 Å². The number of hydrogen-bond acceptors (Lipinski definition) is 4. The van der Waals surface area contributed by atoms with Crippen LogP contribution in [0.3, 0.4) is 0 Å². The Balaban J connectivity index is 1.35. The Morgan fingerprint density at radius 2 is 2.15 bits per heavy atom. The van der Waals surface area contributed by atoms with Crippen LogP contribution in [0.15, 0.2) is 42.9 Å². The number of rotatable bonds is 5. The minimum Gasteiger partial charge on any atom is -0.379 e. The summed E-state index contributed by atoms with van der Waals surface area (Å²) in [5, 5.41) is 1.13. The zero-order chi connectivity index (χ0) is 17.5. The van der Waals surface area contributed by atoms with Gasteiger partial charge in [-0.05, 0) is 36.3 Å². The number of thiophene rings is 1. The number of amides is 1. The molecule has 1 fully saturated rings. The third kappa shape index (κ3) is 3.04. The van der Waals surface area contributed by atoms with E-state index in [0.717, 1.165) is 33.2 Å². The molecule has 1 atom stereocenters. The van der Waals surface area contributed by atoms with E-state index >= 15 is 0 Å². The van der Waals surface area contributed by atoms with E-state index in [1.807, 2.05) is 35.6 Å². The zero-order valence-corrected chi connectivity index (χ0v) is 15.3. The van der Waals surface area contributed by atoms with Gasteiger partial charge >= 0.3 is 0 Å². The van der Waals surface area contributed by atoms with Crippen LogP contribution in [0.2, 0.25) is 0 Å². The lowest BCUT2D eigenvalue weighted by molar-refractivity contribution is 0.0502. The normalized spacial score (nSPS) is 19.7. The lowest BCUT2D eigenvalue weighted by Crippen LogP contribution is -2.42. The maximum atomic E-state index is 13.1. The van der Waals surface area contributed by atoms with Crippen molar-refractivity contribution in [2.45, 2.75) is 25.4 Å². The molecule has 6 heteroatoms. The van der Waals surface area contributed by atoms with Crippen molar-refractivity contribution in [2.24, 2.45) is 5.92 Å². The van der Waals surface area contributed by atoms with Crippen LogP contribution in [-0.4, -0.2) is 40.1 Å². The van der Waals surface area contributed by atoms with Gasteiger partial charge in [0.1, 0.15) is 0 Å². The predicted molar refractivity (Wildman–Crippen MR) is 101 cm³/mol. The van der Waals surface area contributed by atoms with Gasteiger partial charge in [0.25, 0.3) is 5.91 Å². The molecule has 0 radical (unpaired) electrons. The third-order valence-corrected chi connectivity index (χ3v) is 6.31. The number of aromatic nitrogens is 2. The lowest BCUT2D eigenvalue weighted by Gasteiger charge is -2.34. The van der Waals surface area contributed by atoms with E-state index in [9.17, 15) is 4.79 Å². The molecular formula is C20H21N3O2S. The van der Waals surface area contributed by atoms with Gasteiger partial charge in [-0.15, -0.1) is 11.3 Å². The second-order valence-electron chi connectivity index (χ2n) is 7.26. The fourth-order valence-electron chi connectivity index (χ4n) is 3.57. The Bertz CT molecular complexity index is 910. The molecule has 3 aromatic rings. The van der Waals surface area contributed by atoms with E-state index < -0.39 is 0 Å². The smallest absolute Gasteiger partial charge is 0.264 e. The fraction of sp³-hybridized carbons (Fsp3) is 0.400. The number of carbonyl (C=O) groups excluding carboxylic acids is 1. The minimum atomic E-state index is 0.103. The molecule has 1 saturated carbocycles. The van der Waals surface area contributed by atoms with Gasteiger partial charge in [0.05, 0.1) is 36.1 Å². The molecule has 26 heavy (non-hydrogen) atoms. The van der Waals surface area contributed by atoms with Crippen LogP contribution in [0.25, 0.3) is 10.1 Å². The SMILES string of the molecule is O=C(c1cc2ccccc2s1)N1Cc2cncn2[C@H](COCC2CC2)C1. The second-order valence-corrected chi connectivity index (χ2v) is 8.34. The van der Waals surface area contributed by atoms with Gasteiger partial charge in [0, 0.05) is 24.0 Å². The Labute approximate surface area is 156 Å². The monoisotopic (exact) mass is 367 g/mol. The number of fused-ring (bicyclic) bond motifs is 2. The largest absolute Gasteiger partial charge is 0.379 e.